The molecule has 0 aliphatic carbocycles. The van der Waals surface area contributed by atoms with Crippen LogP contribution in [0.2, 0.25) is 0 Å². The van der Waals surface area contributed by atoms with Gasteiger partial charge in [0.1, 0.15) is 5.82 Å². The summed E-state index contributed by atoms with van der Waals surface area (Å²) in [5.41, 5.74) is 1.44. The molecule has 4 rings (SSSR count). The van der Waals surface area contributed by atoms with E-state index in [9.17, 15) is 9.59 Å². The Morgan fingerprint density at radius 3 is 2.55 bits per heavy atom. The van der Waals surface area contributed by atoms with E-state index in [0.29, 0.717) is 28.8 Å². The number of nitrogens with one attached hydrogen (secondary N) is 1. The first-order valence-corrected chi connectivity index (χ1v) is 9.81. The maximum Gasteiger partial charge on any atom is 0.274 e. The van der Waals surface area contributed by atoms with Crippen molar-refractivity contribution >= 4 is 38.4 Å². The maximum atomic E-state index is 12.7. The van der Waals surface area contributed by atoms with Crippen LogP contribution in [0.1, 0.15) is 11.3 Å². The van der Waals surface area contributed by atoms with Crippen LogP contribution in [0, 0.1) is 0 Å². The molecule has 1 N–H and O–H groups in total. The molecule has 2 aromatic heterocycles. The number of carbonyl (C=O) groups excluding carboxylic acids is 1. The van der Waals surface area contributed by atoms with Gasteiger partial charge in [0.05, 0.1) is 30.2 Å². The lowest BCUT2D eigenvalue weighted by molar-refractivity contribution is -0.115. The van der Waals surface area contributed by atoms with Gasteiger partial charge in [-0.15, -0.1) is 0 Å². The van der Waals surface area contributed by atoms with Crippen LogP contribution < -0.4 is 10.9 Å². The third-order valence-corrected chi connectivity index (χ3v) is 5.12. The molecule has 0 aliphatic heterocycles. The highest BCUT2D eigenvalue weighted by atomic mass is 79.9. The van der Waals surface area contributed by atoms with Gasteiger partial charge in [-0.25, -0.2) is 9.36 Å². The molecule has 146 valence electrons. The van der Waals surface area contributed by atoms with E-state index in [1.165, 1.54) is 4.68 Å². The van der Waals surface area contributed by atoms with Crippen LogP contribution in [0.5, 0.6) is 0 Å². The van der Waals surface area contributed by atoms with Gasteiger partial charge in [0.15, 0.2) is 0 Å². The Kier molecular flexibility index (Phi) is 5.26. The highest BCUT2D eigenvalue weighted by Gasteiger charge is 2.14. The molecule has 4 aromatic rings. The number of rotatable bonds is 5. The van der Waals surface area contributed by atoms with E-state index >= 15 is 0 Å². The van der Waals surface area contributed by atoms with E-state index in [-0.39, 0.29) is 17.9 Å². The van der Waals surface area contributed by atoms with Crippen LogP contribution in [0.25, 0.3) is 10.8 Å². The zero-order valence-electron chi connectivity index (χ0n) is 15.7. The summed E-state index contributed by atoms with van der Waals surface area (Å²) in [4.78, 5) is 24.9. The lowest BCUT2D eigenvalue weighted by Crippen LogP contribution is -2.24. The van der Waals surface area contributed by atoms with Gasteiger partial charge in [-0.2, -0.15) is 10.2 Å². The van der Waals surface area contributed by atoms with Gasteiger partial charge >= 0.3 is 0 Å². The molecule has 0 saturated heterocycles. The molecule has 1 amide bonds. The number of amides is 1. The molecule has 0 atom stereocenters. The van der Waals surface area contributed by atoms with Crippen molar-refractivity contribution in [2.45, 2.75) is 13.0 Å². The van der Waals surface area contributed by atoms with Crippen molar-refractivity contribution in [3.8, 4) is 0 Å². The Labute approximate surface area is 175 Å². The fourth-order valence-corrected chi connectivity index (χ4v) is 3.44. The quantitative estimate of drug-likeness (QED) is 0.505. The Bertz CT molecular complexity index is 1240. The summed E-state index contributed by atoms with van der Waals surface area (Å²) in [6.45, 7) is 0.539. The summed E-state index contributed by atoms with van der Waals surface area (Å²) in [7, 11) is 1.59. The standard InChI is InChI=1S/C21H18BrN5O2/c1-26-21(29)17-5-3-2-4-16(17)18(25-26)12-20(28)24-19-10-11-23-27(19)13-14-6-8-15(22)9-7-14/h2-11H,12-13H2,1H3,(H,24,28). The van der Waals surface area contributed by atoms with E-state index < -0.39 is 0 Å². The van der Waals surface area contributed by atoms with Crippen LogP contribution in [-0.2, 0) is 24.8 Å². The minimum atomic E-state index is -0.223. The molecule has 0 aliphatic rings. The molecule has 7 nitrogen and oxygen atoms in total. The number of aromatic nitrogens is 4. The van der Waals surface area contributed by atoms with E-state index in [1.54, 1.807) is 36.1 Å². The molecule has 2 aromatic carbocycles. The number of fused-ring (bicyclic) bond motifs is 1. The molecule has 2 heterocycles. The number of carbonyl (C=O) groups is 1. The van der Waals surface area contributed by atoms with Gasteiger partial charge < -0.3 is 5.32 Å². The Hall–Kier alpha value is -3.26. The SMILES string of the molecule is Cn1nc(CC(=O)Nc2ccnn2Cc2ccc(Br)cc2)c2ccccc2c1=O. The minimum Gasteiger partial charge on any atom is -0.311 e. The smallest absolute Gasteiger partial charge is 0.274 e. The normalized spacial score (nSPS) is 11.0. The van der Waals surface area contributed by atoms with E-state index in [0.717, 1.165) is 10.0 Å². The molecule has 29 heavy (non-hydrogen) atoms. The van der Waals surface area contributed by atoms with Crippen molar-refractivity contribution in [2.75, 3.05) is 5.32 Å². The number of hydrogen-bond acceptors (Lipinski definition) is 4. The van der Waals surface area contributed by atoms with Crippen LogP contribution in [0.3, 0.4) is 0 Å². The average Bonchev–Trinajstić information content (AvgIpc) is 3.14. The second-order valence-electron chi connectivity index (χ2n) is 6.65. The third-order valence-electron chi connectivity index (χ3n) is 4.59. The molecule has 8 heteroatoms. The summed E-state index contributed by atoms with van der Waals surface area (Å²) in [5.74, 6) is 0.380. The molecule has 0 spiro atoms. The Morgan fingerprint density at radius 1 is 1.07 bits per heavy atom. The minimum absolute atomic E-state index is 0.0537. The fraction of sp³-hybridized carbons (Fsp3) is 0.143. The number of anilines is 1. The third kappa shape index (κ3) is 4.12. The largest absolute Gasteiger partial charge is 0.311 e. The first-order chi connectivity index (χ1) is 14.0. The molecule has 0 fully saturated rings. The average molecular weight is 452 g/mol. The predicted octanol–water partition coefficient (Wildman–Crippen LogP) is 3.12. The zero-order chi connectivity index (χ0) is 20.4. The van der Waals surface area contributed by atoms with Crippen molar-refractivity contribution in [1.82, 2.24) is 19.6 Å². The van der Waals surface area contributed by atoms with Crippen molar-refractivity contribution < 1.29 is 4.79 Å². The zero-order valence-corrected chi connectivity index (χ0v) is 17.3. The van der Waals surface area contributed by atoms with E-state index in [1.807, 2.05) is 36.4 Å². The molecule has 0 radical (unpaired) electrons. The highest BCUT2D eigenvalue weighted by molar-refractivity contribution is 9.10. The summed E-state index contributed by atoms with van der Waals surface area (Å²) >= 11 is 3.42. The predicted molar refractivity (Wildman–Crippen MR) is 115 cm³/mol. The van der Waals surface area contributed by atoms with Crippen LogP contribution in [0.15, 0.2) is 70.1 Å². The number of halogens is 1. The summed E-state index contributed by atoms with van der Waals surface area (Å²) in [6.07, 6.45) is 1.70. The Balaban J connectivity index is 1.54. The number of nitrogens with zero attached hydrogens (tertiary/aromatic N) is 4. The molecule has 0 bridgehead atoms. The number of hydrogen-bond donors (Lipinski definition) is 1. The van der Waals surface area contributed by atoms with Gasteiger partial charge in [0.25, 0.3) is 5.56 Å². The van der Waals surface area contributed by atoms with E-state index in [4.69, 9.17) is 0 Å². The fourth-order valence-electron chi connectivity index (χ4n) is 3.17. The first kappa shape index (κ1) is 19.1. The molecule has 0 saturated carbocycles. The van der Waals surface area contributed by atoms with Crippen LogP contribution >= 0.6 is 15.9 Å². The van der Waals surface area contributed by atoms with Gasteiger partial charge in [-0.1, -0.05) is 46.3 Å². The molecular formula is C21H18BrN5O2. The lowest BCUT2D eigenvalue weighted by atomic mass is 10.1. The second-order valence-corrected chi connectivity index (χ2v) is 7.56. The monoisotopic (exact) mass is 451 g/mol. The second kappa shape index (κ2) is 8.00. The first-order valence-electron chi connectivity index (χ1n) is 9.02. The van der Waals surface area contributed by atoms with Crippen LogP contribution in [-0.4, -0.2) is 25.5 Å². The summed E-state index contributed by atoms with van der Waals surface area (Å²) in [5, 5.41) is 12.7. The van der Waals surface area contributed by atoms with Crippen molar-refractivity contribution in [3.05, 3.63) is 86.9 Å². The summed E-state index contributed by atoms with van der Waals surface area (Å²) < 4.78 is 4.00. The number of benzene rings is 2. The molecular weight excluding hydrogens is 434 g/mol. The van der Waals surface area contributed by atoms with Gasteiger partial charge in [0.2, 0.25) is 5.91 Å². The van der Waals surface area contributed by atoms with Crippen LogP contribution in [0.4, 0.5) is 5.82 Å². The number of aryl methyl sites for hydroxylation is 1. The summed E-state index contributed by atoms with van der Waals surface area (Å²) in [6, 6.07) is 16.9. The van der Waals surface area contributed by atoms with E-state index in [2.05, 4.69) is 31.4 Å². The van der Waals surface area contributed by atoms with Gasteiger partial charge in [0, 0.05) is 23.0 Å². The lowest BCUT2D eigenvalue weighted by Gasteiger charge is -2.11. The van der Waals surface area contributed by atoms with Gasteiger partial charge in [-0.3, -0.25) is 9.59 Å². The topological polar surface area (TPSA) is 81.8 Å². The van der Waals surface area contributed by atoms with Gasteiger partial charge in [-0.05, 0) is 23.8 Å². The van der Waals surface area contributed by atoms with Crippen molar-refractivity contribution in [3.63, 3.8) is 0 Å². The highest BCUT2D eigenvalue weighted by Crippen LogP contribution is 2.16. The van der Waals surface area contributed by atoms with Crippen molar-refractivity contribution in [1.29, 1.82) is 0 Å². The Morgan fingerprint density at radius 2 is 1.79 bits per heavy atom. The molecule has 0 unspecified atom stereocenters. The maximum absolute atomic E-state index is 12.7. The van der Waals surface area contributed by atoms with Crippen molar-refractivity contribution in [2.24, 2.45) is 7.05 Å².